The number of hydrogen-bond donors (Lipinski definition) is 3. The lowest BCUT2D eigenvalue weighted by Crippen LogP contribution is -2.64. The van der Waals surface area contributed by atoms with Gasteiger partial charge in [0.25, 0.3) is 0 Å². The van der Waals surface area contributed by atoms with Gasteiger partial charge in [-0.1, -0.05) is 62.4 Å². The maximum atomic E-state index is 12.3. The van der Waals surface area contributed by atoms with Crippen LogP contribution in [0.2, 0.25) is 0 Å². The van der Waals surface area contributed by atoms with Gasteiger partial charge in [0.2, 0.25) is 0 Å². The summed E-state index contributed by atoms with van der Waals surface area (Å²) in [6, 6.07) is 22.3. The van der Waals surface area contributed by atoms with Gasteiger partial charge in [-0.25, -0.2) is 4.98 Å². The topological polar surface area (TPSA) is 87.8 Å². The summed E-state index contributed by atoms with van der Waals surface area (Å²) in [5.74, 6) is 0.666. The molecule has 2 aromatic carbocycles. The van der Waals surface area contributed by atoms with Gasteiger partial charge >= 0.3 is 0 Å². The first-order valence-electron chi connectivity index (χ1n) is 11.9. The van der Waals surface area contributed by atoms with Gasteiger partial charge in [-0.05, 0) is 54.5 Å². The van der Waals surface area contributed by atoms with Gasteiger partial charge in [0.15, 0.2) is 0 Å². The van der Waals surface area contributed by atoms with E-state index < -0.39 is 11.1 Å². The molecule has 0 aliphatic heterocycles. The number of imidazole rings is 1. The molecule has 33 heavy (non-hydrogen) atoms. The molecular weight excluding hydrogens is 408 g/mol. The van der Waals surface area contributed by atoms with Crippen LogP contribution in [-0.4, -0.2) is 25.8 Å². The SMILES string of the molecule is CC(Cc1nc2ccccc2[nH]1)C(C)(c1ccccc1)C(N)(O)C1CCCc2cccnc21. The lowest BCUT2D eigenvalue weighted by atomic mass is 9.59. The summed E-state index contributed by atoms with van der Waals surface area (Å²) in [4.78, 5) is 12.9. The molecule has 0 fully saturated rings. The van der Waals surface area contributed by atoms with Crippen LogP contribution in [-0.2, 0) is 18.3 Å². The Morgan fingerprint density at radius 3 is 2.64 bits per heavy atom. The van der Waals surface area contributed by atoms with Crippen LogP contribution < -0.4 is 5.73 Å². The van der Waals surface area contributed by atoms with E-state index in [9.17, 15) is 5.11 Å². The fourth-order valence-electron chi connectivity index (χ4n) is 5.69. The lowest BCUT2D eigenvalue weighted by Gasteiger charge is -2.51. The van der Waals surface area contributed by atoms with Crippen molar-refractivity contribution in [1.29, 1.82) is 0 Å². The molecule has 4 aromatic rings. The van der Waals surface area contributed by atoms with Crippen LogP contribution in [0.1, 0.15) is 55.3 Å². The number of aliphatic hydroxyl groups is 1. The Bertz CT molecular complexity index is 1220. The van der Waals surface area contributed by atoms with Crippen LogP contribution in [0.4, 0.5) is 0 Å². The summed E-state index contributed by atoms with van der Waals surface area (Å²) in [6.45, 7) is 4.27. The fraction of sp³-hybridized carbons (Fsp3) is 0.357. The van der Waals surface area contributed by atoms with Crippen molar-refractivity contribution in [3.8, 4) is 0 Å². The van der Waals surface area contributed by atoms with Gasteiger partial charge in [-0.2, -0.15) is 0 Å². The minimum atomic E-state index is -1.50. The second-order valence-corrected chi connectivity index (χ2v) is 9.69. The van der Waals surface area contributed by atoms with E-state index in [4.69, 9.17) is 10.7 Å². The van der Waals surface area contributed by atoms with Crippen LogP contribution >= 0.6 is 0 Å². The van der Waals surface area contributed by atoms with E-state index in [1.165, 1.54) is 5.56 Å². The highest BCUT2D eigenvalue weighted by molar-refractivity contribution is 5.74. The number of rotatable bonds is 6. The highest BCUT2D eigenvalue weighted by atomic mass is 16.3. The Kier molecular flexibility index (Phi) is 5.55. The maximum absolute atomic E-state index is 12.3. The van der Waals surface area contributed by atoms with Crippen molar-refractivity contribution in [2.45, 2.75) is 56.6 Å². The molecule has 1 aliphatic carbocycles. The van der Waals surface area contributed by atoms with Crippen molar-refractivity contribution in [2.24, 2.45) is 11.7 Å². The van der Waals surface area contributed by atoms with Crippen molar-refractivity contribution in [3.05, 3.63) is 95.6 Å². The molecule has 4 N–H and O–H groups in total. The van der Waals surface area contributed by atoms with Crippen molar-refractivity contribution >= 4 is 11.0 Å². The number of hydrogen-bond acceptors (Lipinski definition) is 4. The number of H-pyrrole nitrogens is 1. The monoisotopic (exact) mass is 440 g/mol. The molecule has 0 bridgehead atoms. The molecule has 2 heterocycles. The van der Waals surface area contributed by atoms with Crippen molar-refractivity contribution in [1.82, 2.24) is 15.0 Å². The van der Waals surface area contributed by atoms with Crippen LogP contribution in [0.3, 0.4) is 0 Å². The van der Waals surface area contributed by atoms with E-state index in [0.717, 1.165) is 47.4 Å². The molecule has 0 saturated carbocycles. The average Bonchev–Trinajstić information content (AvgIpc) is 3.25. The minimum absolute atomic E-state index is 0.00421. The fourth-order valence-corrected chi connectivity index (χ4v) is 5.69. The number of aryl methyl sites for hydroxylation is 1. The number of nitrogens with one attached hydrogen (secondary N) is 1. The van der Waals surface area contributed by atoms with Crippen molar-refractivity contribution in [2.75, 3.05) is 0 Å². The summed E-state index contributed by atoms with van der Waals surface area (Å²) < 4.78 is 0. The second kappa shape index (κ2) is 8.40. The van der Waals surface area contributed by atoms with Gasteiger partial charge in [-0.15, -0.1) is 0 Å². The molecular formula is C28H32N4O. The number of fused-ring (bicyclic) bond motifs is 2. The number of benzene rings is 2. The van der Waals surface area contributed by atoms with E-state index in [2.05, 4.69) is 42.0 Å². The van der Waals surface area contributed by atoms with Gasteiger partial charge in [0, 0.05) is 24.0 Å². The zero-order chi connectivity index (χ0) is 23.1. The smallest absolute Gasteiger partial charge is 0.131 e. The highest BCUT2D eigenvalue weighted by Crippen LogP contribution is 2.49. The summed E-state index contributed by atoms with van der Waals surface area (Å²) in [6.07, 6.45) is 5.27. The summed E-state index contributed by atoms with van der Waals surface area (Å²) in [7, 11) is 0. The molecule has 0 saturated heterocycles. The molecule has 4 atom stereocenters. The molecule has 0 spiro atoms. The molecule has 5 heteroatoms. The third-order valence-corrected chi connectivity index (χ3v) is 7.86. The zero-order valence-corrected chi connectivity index (χ0v) is 19.3. The van der Waals surface area contributed by atoms with Gasteiger partial charge in [-0.3, -0.25) is 4.98 Å². The molecule has 5 rings (SSSR count). The predicted octanol–water partition coefficient (Wildman–Crippen LogP) is 4.86. The molecule has 0 radical (unpaired) electrons. The van der Waals surface area contributed by atoms with Gasteiger partial charge < -0.3 is 15.8 Å². The summed E-state index contributed by atoms with van der Waals surface area (Å²) >= 11 is 0. The van der Waals surface area contributed by atoms with E-state index in [-0.39, 0.29) is 11.8 Å². The Morgan fingerprint density at radius 1 is 1.09 bits per heavy atom. The number of nitrogens with zero attached hydrogens (tertiary/aromatic N) is 2. The molecule has 2 aromatic heterocycles. The Hall–Kier alpha value is -3.02. The normalized spacial score (nSPS) is 20.5. The zero-order valence-electron chi connectivity index (χ0n) is 19.3. The minimum Gasteiger partial charge on any atom is -0.374 e. The Balaban J connectivity index is 1.58. The summed E-state index contributed by atoms with van der Waals surface area (Å²) in [5.41, 5.74) is 9.94. The van der Waals surface area contributed by atoms with Gasteiger partial charge in [0.05, 0.1) is 16.7 Å². The average molecular weight is 441 g/mol. The van der Waals surface area contributed by atoms with E-state index in [1.54, 1.807) is 0 Å². The number of nitrogens with two attached hydrogens (primary N) is 1. The van der Waals surface area contributed by atoms with Crippen LogP contribution in [0, 0.1) is 5.92 Å². The molecule has 4 unspecified atom stereocenters. The standard InChI is InChI=1S/C28H32N4O/c1-19(18-25-31-23-15-6-7-16-24(23)32-25)27(2,21-12-4-3-5-13-21)28(29,33)22-14-8-10-20-11-9-17-30-26(20)22/h3-7,9,11-13,15-17,19,22,33H,8,10,14,18,29H2,1-2H3,(H,31,32). The predicted molar refractivity (Wildman–Crippen MR) is 132 cm³/mol. The number of pyridine rings is 1. The first-order chi connectivity index (χ1) is 15.9. The first-order valence-corrected chi connectivity index (χ1v) is 11.9. The molecule has 170 valence electrons. The largest absolute Gasteiger partial charge is 0.374 e. The third kappa shape index (κ3) is 3.65. The van der Waals surface area contributed by atoms with E-state index in [0.29, 0.717) is 6.42 Å². The number of aromatic amines is 1. The van der Waals surface area contributed by atoms with Gasteiger partial charge in [0.1, 0.15) is 11.5 Å². The van der Waals surface area contributed by atoms with Crippen molar-refractivity contribution < 1.29 is 5.11 Å². The second-order valence-electron chi connectivity index (χ2n) is 9.69. The molecule has 0 amide bonds. The van der Waals surface area contributed by atoms with Crippen molar-refractivity contribution in [3.63, 3.8) is 0 Å². The van der Waals surface area contributed by atoms with Crippen LogP contribution in [0.15, 0.2) is 72.9 Å². The van der Waals surface area contributed by atoms with Crippen LogP contribution in [0.5, 0.6) is 0 Å². The first kappa shape index (κ1) is 21.8. The highest BCUT2D eigenvalue weighted by Gasteiger charge is 2.54. The molecule has 5 nitrogen and oxygen atoms in total. The lowest BCUT2D eigenvalue weighted by molar-refractivity contribution is -0.0789. The maximum Gasteiger partial charge on any atom is 0.131 e. The number of para-hydroxylation sites is 2. The Morgan fingerprint density at radius 2 is 1.85 bits per heavy atom. The number of aromatic nitrogens is 3. The third-order valence-electron chi connectivity index (χ3n) is 7.86. The van der Waals surface area contributed by atoms with Crippen LogP contribution in [0.25, 0.3) is 11.0 Å². The Labute approximate surface area is 195 Å². The van der Waals surface area contributed by atoms with E-state index >= 15 is 0 Å². The molecule has 1 aliphatic rings. The quantitative estimate of drug-likeness (QED) is 0.374. The van der Waals surface area contributed by atoms with E-state index in [1.807, 2.05) is 54.7 Å². The summed E-state index contributed by atoms with van der Waals surface area (Å²) in [5, 5.41) is 12.3.